The Balaban J connectivity index is 1.98. The molecule has 110 valence electrons. The molecule has 2 rings (SSSR count). The van der Waals surface area contributed by atoms with E-state index in [1.54, 1.807) is 12.4 Å². The Morgan fingerprint density at radius 2 is 2.05 bits per heavy atom. The van der Waals surface area contributed by atoms with Gasteiger partial charge < -0.3 is 9.80 Å². The Labute approximate surface area is 129 Å². The fourth-order valence-corrected chi connectivity index (χ4v) is 3.05. The van der Waals surface area contributed by atoms with Crippen molar-refractivity contribution in [3.63, 3.8) is 0 Å². The fraction of sp³-hybridized carbons (Fsp3) is 0.600. The lowest BCUT2D eigenvalue weighted by Gasteiger charge is -2.38. The molecule has 0 saturated carbocycles. The molecule has 20 heavy (non-hydrogen) atoms. The highest BCUT2D eigenvalue weighted by molar-refractivity contribution is 9.10. The van der Waals surface area contributed by atoms with Crippen LogP contribution in [0.4, 0.5) is 0 Å². The highest BCUT2D eigenvalue weighted by Crippen LogP contribution is 2.19. The lowest BCUT2D eigenvalue weighted by Crippen LogP contribution is -2.47. The van der Waals surface area contributed by atoms with Gasteiger partial charge >= 0.3 is 0 Å². The van der Waals surface area contributed by atoms with Crippen molar-refractivity contribution in [3.8, 4) is 0 Å². The Morgan fingerprint density at radius 3 is 2.60 bits per heavy atom. The third-order valence-electron chi connectivity index (χ3n) is 4.05. The molecule has 1 aliphatic heterocycles. The predicted octanol–water partition coefficient (Wildman–Crippen LogP) is 2.79. The molecule has 1 aromatic heterocycles. The van der Waals surface area contributed by atoms with Gasteiger partial charge in [0.05, 0.1) is 5.56 Å². The van der Waals surface area contributed by atoms with Gasteiger partial charge in [0.2, 0.25) is 0 Å². The van der Waals surface area contributed by atoms with Gasteiger partial charge in [-0.15, -0.1) is 0 Å². The van der Waals surface area contributed by atoms with Crippen LogP contribution < -0.4 is 0 Å². The summed E-state index contributed by atoms with van der Waals surface area (Å²) in [6.45, 7) is 6.58. The van der Waals surface area contributed by atoms with Gasteiger partial charge in [-0.25, -0.2) is 0 Å². The van der Waals surface area contributed by atoms with Crippen LogP contribution in [0.5, 0.6) is 0 Å². The predicted molar refractivity (Wildman–Crippen MR) is 83.8 cm³/mol. The molecule has 0 unspecified atom stereocenters. The number of nitrogens with zero attached hydrogens (tertiary/aromatic N) is 3. The molecule has 0 bridgehead atoms. The van der Waals surface area contributed by atoms with Crippen LogP contribution >= 0.6 is 15.9 Å². The minimum atomic E-state index is 0.0572. The molecule has 1 amide bonds. The van der Waals surface area contributed by atoms with Crippen molar-refractivity contribution in [1.82, 2.24) is 14.8 Å². The van der Waals surface area contributed by atoms with Crippen LogP contribution in [0.1, 0.15) is 37.0 Å². The van der Waals surface area contributed by atoms with Crippen LogP contribution in [0, 0.1) is 0 Å². The highest BCUT2D eigenvalue weighted by Gasteiger charge is 2.26. The Morgan fingerprint density at radius 1 is 1.40 bits per heavy atom. The zero-order chi connectivity index (χ0) is 14.7. The van der Waals surface area contributed by atoms with E-state index in [1.807, 2.05) is 18.0 Å². The van der Waals surface area contributed by atoms with Gasteiger partial charge in [-0.2, -0.15) is 0 Å². The molecule has 0 radical (unpaired) electrons. The van der Waals surface area contributed by atoms with Crippen molar-refractivity contribution in [2.45, 2.75) is 38.8 Å². The maximum atomic E-state index is 12.5. The van der Waals surface area contributed by atoms with Gasteiger partial charge in [-0.05, 0) is 48.7 Å². The van der Waals surface area contributed by atoms with Gasteiger partial charge in [0, 0.05) is 49.1 Å². The van der Waals surface area contributed by atoms with Crippen molar-refractivity contribution < 1.29 is 4.79 Å². The summed E-state index contributed by atoms with van der Waals surface area (Å²) in [5, 5.41) is 0. The average molecular weight is 340 g/mol. The number of carbonyl (C=O) groups excluding carboxylic acids is 1. The molecule has 0 atom stereocenters. The van der Waals surface area contributed by atoms with E-state index in [1.165, 1.54) is 0 Å². The number of hydrogen-bond acceptors (Lipinski definition) is 3. The van der Waals surface area contributed by atoms with E-state index in [2.05, 4.69) is 39.7 Å². The first-order valence-electron chi connectivity index (χ1n) is 7.11. The molecule has 0 aliphatic carbocycles. The summed E-state index contributed by atoms with van der Waals surface area (Å²) in [7, 11) is 1.90. The third-order valence-corrected chi connectivity index (χ3v) is 4.48. The number of aromatic nitrogens is 1. The van der Waals surface area contributed by atoms with Crippen LogP contribution in [0.2, 0.25) is 0 Å². The Bertz CT molecular complexity index is 470. The number of amides is 1. The van der Waals surface area contributed by atoms with Crippen LogP contribution in [0.15, 0.2) is 22.9 Å². The zero-order valence-electron chi connectivity index (χ0n) is 12.3. The van der Waals surface area contributed by atoms with Crippen molar-refractivity contribution in [2.24, 2.45) is 0 Å². The summed E-state index contributed by atoms with van der Waals surface area (Å²) in [6.07, 6.45) is 5.41. The van der Waals surface area contributed by atoms with Crippen molar-refractivity contribution in [3.05, 3.63) is 28.5 Å². The molecule has 0 spiro atoms. The molecule has 1 aliphatic rings. The summed E-state index contributed by atoms with van der Waals surface area (Å²) in [5.74, 6) is 0.0572. The van der Waals surface area contributed by atoms with E-state index in [4.69, 9.17) is 0 Å². The normalized spacial score (nSPS) is 17.4. The molecule has 0 N–H and O–H groups in total. The van der Waals surface area contributed by atoms with Gasteiger partial charge in [-0.1, -0.05) is 0 Å². The second kappa shape index (κ2) is 6.68. The Kier molecular flexibility index (Phi) is 5.16. The highest BCUT2D eigenvalue weighted by atomic mass is 79.9. The first-order chi connectivity index (χ1) is 9.49. The lowest BCUT2D eigenvalue weighted by atomic mass is 10.0. The second-order valence-corrected chi connectivity index (χ2v) is 6.58. The summed E-state index contributed by atoms with van der Waals surface area (Å²) in [5.41, 5.74) is 0.646. The Hall–Kier alpha value is -0.940. The van der Waals surface area contributed by atoms with Crippen molar-refractivity contribution in [2.75, 3.05) is 20.1 Å². The molecular weight excluding hydrogens is 318 g/mol. The molecule has 1 saturated heterocycles. The smallest absolute Gasteiger partial charge is 0.255 e. The maximum absolute atomic E-state index is 12.5. The summed E-state index contributed by atoms with van der Waals surface area (Å²) in [4.78, 5) is 20.9. The minimum absolute atomic E-state index is 0.0572. The largest absolute Gasteiger partial charge is 0.339 e. The second-order valence-electron chi connectivity index (χ2n) is 5.67. The van der Waals surface area contributed by atoms with E-state index in [0.717, 1.165) is 30.4 Å². The first-order valence-corrected chi connectivity index (χ1v) is 7.90. The molecular formula is C15H22BrN3O. The quantitative estimate of drug-likeness (QED) is 0.849. The van der Waals surface area contributed by atoms with Crippen LogP contribution in [0.25, 0.3) is 0 Å². The molecule has 1 aromatic rings. The summed E-state index contributed by atoms with van der Waals surface area (Å²) in [6, 6.07) is 2.75. The van der Waals surface area contributed by atoms with E-state index in [0.29, 0.717) is 17.6 Å². The third kappa shape index (κ3) is 3.58. The molecule has 5 heteroatoms. The summed E-state index contributed by atoms with van der Waals surface area (Å²) < 4.78 is 0.839. The topological polar surface area (TPSA) is 36.4 Å². The lowest BCUT2D eigenvalue weighted by molar-refractivity contribution is 0.0615. The number of piperidine rings is 1. The monoisotopic (exact) mass is 339 g/mol. The number of rotatable bonds is 3. The van der Waals surface area contributed by atoms with Crippen LogP contribution in [-0.4, -0.2) is 52.9 Å². The number of likely N-dealkylation sites (tertiary alicyclic amines) is 1. The van der Waals surface area contributed by atoms with E-state index in [9.17, 15) is 4.79 Å². The van der Waals surface area contributed by atoms with Gasteiger partial charge in [0.25, 0.3) is 5.91 Å². The number of carbonyl (C=O) groups is 1. The van der Waals surface area contributed by atoms with Crippen LogP contribution in [-0.2, 0) is 0 Å². The molecule has 0 aromatic carbocycles. The average Bonchev–Trinajstić information content (AvgIpc) is 2.46. The maximum Gasteiger partial charge on any atom is 0.255 e. The van der Waals surface area contributed by atoms with E-state index in [-0.39, 0.29) is 5.91 Å². The zero-order valence-corrected chi connectivity index (χ0v) is 13.9. The SMILES string of the molecule is CC(C)N1CCC(N(C)C(=O)c2cncc(Br)c2)CC1. The standard InChI is InChI=1S/C15H22BrN3O/c1-11(2)19-6-4-14(5-7-19)18(3)15(20)12-8-13(16)10-17-9-12/h8-11,14H,4-7H2,1-3H3. The number of halogens is 1. The summed E-state index contributed by atoms with van der Waals surface area (Å²) >= 11 is 3.36. The van der Waals surface area contributed by atoms with Gasteiger partial charge in [-0.3, -0.25) is 9.78 Å². The molecule has 2 heterocycles. The molecule has 1 fully saturated rings. The van der Waals surface area contributed by atoms with Crippen molar-refractivity contribution in [1.29, 1.82) is 0 Å². The molecule has 4 nitrogen and oxygen atoms in total. The van der Waals surface area contributed by atoms with E-state index >= 15 is 0 Å². The minimum Gasteiger partial charge on any atom is -0.339 e. The fourth-order valence-electron chi connectivity index (χ4n) is 2.69. The van der Waals surface area contributed by atoms with E-state index < -0.39 is 0 Å². The van der Waals surface area contributed by atoms with Gasteiger partial charge in [0.1, 0.15) is 0 Å². The number of hydrogen-bond donors (Lipinski definition) is 0. The van der Waals surface area contributed by atoms with Crippen molar-refractivity contribution >= 4 is 21.8 Å². The number of pyridine rings is 1. The first kappa shape index (κ1) is 15.4. The van der Waals surface area contributed by atoms with Crippen LogP contribution in [0.3, 0.4) is 0 Å². The van der Waals surface area contributed by atoms with Gasteiger partial charge in [0.15, 0.2) is 0 Å².